The number of rotatable bonds is 4. The molecule has 130 valence electrons. The van der Waals surface area contributed by atoms with Crippen molar-refractivity contribution in [1.29, 1.82) is 0 Å². The highest BCUT2D eigenvalue weighted by molar-refractivity contribution is 6.05. The van der Waals surface area contributed by atoms with E-state index in [4.69, 9.17) is 0 Å². The van der Waals surface area contributed by atoms with Crippen molar-refractivity contribution in [3.8, 4) is 0 Å². The molecule has 25 heavy (non-hydrogen) atoms. The Bertz CT molecular complexity index is 853. The highest BCUT2D eigenvalue weighted by Gasteiger charge is 2.42. The number of imide groups is 1. The predicted octanol–water partition coefficient (Wildman–Crippen LogP) is 0.871. The van der Waals surface area contributed by atoms with Gasteiger partial charge in [0.1, 0.15) is 6.04 Å². The number of fused-ring (bicyclic) bond motifs is 1. The van der Waals surface area contributed by atoms with E-state index in [1.165, 1.54) is 23.9 Å². The van der Waals surface area contributed by atoms with Crippen molar-refractivity contribution >= 4 is 28.9 Å². The Balaban J connectivity index is 1.68. The van der Waals surface area contributed by atoms with Crippen LogP contribution in [-0.4, -0.2) is 69.7 Å². The molecular formula is C17H19N5O3. The first-order valence-corrected chi connectivity index (χ1v) is 7.87. The van der Waals surface area contributed by atoms with E-state index in [0.29, 0.717) is 5.69 Å². The second kappa shape index (κ2) is 6.46. The second-order valence-electron chi connectivity index (χ2n) is 6.11. The molecule has 3 rings (SSSR count). The van der Waals surface area contributed by atoms with Crippen LogP contribution in [0.5, 0.6) is 0 Å². The smallest absolute Gasteiger partial charge is 0.326 e. The van der Waals surface area contributed by atoms with Gasteiger partial charge in [-0.3, -0.25) is 19.5 Å². The average Bonchev–Trinajstić information content (AvgIpc) is 2.79. The monoisotopic (exact) mass is 341 g/mol. The summed E-state index contributed by atoms with van der Waals surface area (Å²) in [7, 11) is 4.58. The zero-order chi connectivity index (χ0) is 18.1. The summed E-state index contributed by atoms with van der Waals surface area (Å²) in [6.45, 7) is 0.283. The molecule has 1 atom stereocenters. The van der Waals surface area contributed by atoms with Crippen molar-refractivity contribution in [2.24, 2.45) is 0 Å². The predicted molar refractivity (Wildman–Crippen MR) is 90.3 cm³/mol. The SMILES string of the molecule is CN(Cc1cnc2ccccc2n1)C(=O)CC1C(=O)N(C)C(=O)N1C. The normalized spacial score (nSPS) is 17.5. The number of likely N-dealkylation sites (N-methyl/N-ethyl adjacent to an activating group) is 2. The number of hydrogen-bond acceptors (Lipinski definition) is 5. The lowest BCUT2D eigenvalue weighted by Crippen LogP contribution is -2.38. The van der Waals surface area contributed by atoms with Crippen LogP contribution >= 0.6 is 0 Å². The minimum absolute atomic E-state index is 0.0527. The molecule has 1 saturated heterocycles. The van der Waals surface area contributed by atoms with Crippen molar-refractivity contribution in [2.45, 2.75) is 19.0 Å². The molecule has 1 unspecified atom stereocenters. The quantitative estimate of drug-likeness (QED) is 0.770. The molecule has 2 heterocycles. The Morgan fingerprint density at radius 2 is 1.88 bits per heavy atom. The van der Waals surface area contributed by atoms with Gasteiger partial charge in [0.2, 0.25) is 5.91 Å². The molecule has 1 aliphatic rings. The largest absolute Gasteiger partial charge is 0.340 e. The third kappa shape index (κ3) is 3.15. The molecular weight excluding hydrogens is 322 g/mol. The number of benzene rings is 1. The van der Waals surface area contributed by atoms with Gasteiger partial charge in [-0.2, -0.15) is 0 Å². The summed E-state index contributed by atoms with van der Waals surface area (Å²) in [6, 6.07) is 6.35. The fraction of sp³-hybridized carbons (Fsp3) is 0.353. The Hall–Kier alpha value is -3.03. The molecule has 0 radical (unpaired) electrons. The minimum atomic E-state index is -0.755. The highest BCUT2D eigenvalue weighted by atomic mass is 16.2. The van der Waals surface area contributed by atoms with Crippen molar-refractivity contribution < 1.29 is 14.4 Å². The lowest BCUT2D eigenvalue weighted by atomic mass is 10.1. The van der Waals surface area contributed by atoms with Gasteiger partial charge in [-0.25, -0.2) is 9.78 Å². The molecule has 1 aliphatic heterocycles. The maximum atomic E-state index is 12.4. The first-order valence-electron chi connectivity index (χ1n) is 7.87. The van der Waals surface area contributed by atoms with Crippen LogP contribution in [0, 0.1) is 0 Å². The van der Waals surface area contributed by atoms with Gasteiger partial charge in [0, 0.05) is 21.1 Å². The summed E-state index contributed by atoms with van der Waals surface area (Å²) in [5.74, 6) is -0.594. The standard InChI is InChI=1S/C17H19N5O3/c1-20(10-11-9-18-12-6-4-5-7-13(12)19-11)15(23)8-14-16(24)22(3)17(25)21(14)2/h4-7,9,14H,8,10H2,1-3H3. The number of nitrogens with zero attached hydrogens (tertiary/aromatic N) is 5. The third-order valence-electron chi connectivity index (χ3n) is 4.36. The molecule has 1 aromatic carbocycles. The Kier molecular flexibility index (Phi) is 4.35. The average molecular weight is 341 g/mol. The third-order valence-corrected chi connectivity index (χ3v) is 4.36. The molecule has 0 saturated carbocycles. The zero-order valence-corrected chi connectivity index (χ0v) is 14.3. The maximum Gasteiger partial charge on any atom is 0.326 e. The van der Waals surface area contributed by atoms with E-state index in [1.54, 1.807) is 13.2 Å². The summed E-state index contributed by atoms with van der Waals surface area (Å²) in [4.78, 5) is 48.9. The first-order chi connectivity index (χ1) is 11.9. The molecule has 0 bridgehead atoms. The first kappa shape index (κ1) is 16.8. The van der Waals surface area contributed by atoms with E-state index in [0.717, 1.165) is 15.9 Å². The molecule has 8 heteroatoms. The van der Waals surface area contributed by atoms with Gasteiger partial charge >= 0.3 is 6.03 Å². The topological polar surface area (TPSA) is 86.7 Å². The molecule has 1 fully saturated rings. The number of amides is 4. The van der Waals surface area contributed by atoms with Crippen molar-refractivity contribution in [1.82, 2.24) is 24.7 Å². The van der Waals surface area contributed by atoms with Gasteiger partial charge in [-0.1, -0.05) is 12.1 Å². The van der Waals surface area contributed by atoms with Crippen molar-refractivity contribution in [2.75, 3.05) is 21.1 Å². The summed E-state index contributed by atoms with van der Waals surface area (Å²) in [5, 5.41) is 0. The van der Waals surface area contributed by atoms with Gasteiger partial charge in [0.15, 0.2) is 0 Å². The van der Waals surface area contributed by atoms with Crippen LogP contribution in [-0.2, 0) is 16.1 Å². The van der Waals surface area contributed by atoms with Crippen LogP contribution in [0.1, 0.15) is 12.1 Å². The van der Waals surface area contributed by atoms with Gasteiger partial charge in [-0.15, -0.1) is 0 Å². The number of para-hydroxylation sites is 2. The molecule has 0 aliphatic carbocycles. The lowest BCUT2D eigenvalue weighted by molar-refractivity contribution is -0.135. The summed E-state index contributed by atoms with van der Waals surface area (Å²) < 4.78 is 0. The summed E-state index contributed by atoms with van der Waals surface area (Å²) in [6.07, 6.45) is 1.58. The van der Waals surface area contributed by atoms with E-state index in [-0.39, 0.29) is 24.8 Å². The minimum Gasteiger partial charge on any atom is -0.340 e. The van der Waals surface area contributed by atoms with E-state index in [9.17, 15) is 14.4 Å². The fourth-order valence-corrected chi connectivity index (χ4v) is 2.80. The van der Waals surface area contributed by atoms with Crippen LogP contribution in [0.3, 0.4) is 0 Å². The molecule has 0 N–H and O–H groups in total. The number of carbonyl (C=O) groups excluding carboxylic acids is 3. The van der Waals surface area contributed by atoms with Gasteiger partial charge in [0.25, 0.3) is 5.91 Å². The lowest BCUT2D eigenvalue weighted by Gasteiger charge is -2.21. The molecule has 1 aromatic heterocycles. The Morgan fingerprint density at radius 3 is 2.52 bits per heavy atom. The van der Waals surface area contributed by atoms with Gasteiger partial charge in [0.05, 0.1) is 35.9 Å². The fourth-order valence-electron chi connectivity index (χ4n) is 2.80. The van der Waals surface area contributed by atoms with Gasteiger partial charge < -0.3 is 9.80 Å². The van der Waals surface area contributed by atoms with E-state index >= 15 is 0 Å². The Labute approximate surface area is 145 Å². The molecule has 2 aromatic rings. The second-order valence-corrected chi connectivity index (χ2v) is 6.11. The van der Waals surface area contributed by atoms with E-state index in [2.05, 4.69) is 9.97 Å². The maximum absolute atomic E-state index is 12.4. The van der Waals surface area contributed by atoms with Crippen molar-refractivity contribution in [3.05, 3.63) is 36.2 Å². The molecule has 4 amide bonds. The highest BCUT2D eigenvalue weighted by Crippen LogP contribution is 2.18. The summed E-state index contributed by atoms with van der Waals surface area (Å²) >= 11 is 0. The van der Waals surface area contributed by atoms with E-state index in [1.807, 2.05) is 24.3 Å². The number of carbonyl (C=O) groups is 3. The van der Waals surface area contributed by atoms with Crippen LogP contribution in [0.2, 0.25) is 0 Å². The van der Waals surface area contributed by atoms with Crippen LogP contribution in [0.4, 0.5) is 4.79 Å². The number of aromatic nitrogens is 2. The Morgan fingerprint density at radius 1 is 1.20 bits per heavy atom. The van der Waals surface area contributed by atoms with Crippen LogP contribution in [0.25, 0.3) is 11.0 Å². The number of urea groups is 1. The van der Waals surface area contributed by atoms with Crippen LogP contribution < -0.4 is 0 Å². The van der Waals surface area contributed by atoms with Crippen LogP contribution in [0.15, 0.2) is 30.5 Å². The van der Waals surface area contributed by atoms with Crippen molar-refractivity contribution in [3.63, 3.8) is 0 Å². The summed E-state index contributed by atoms with van der Waals surface area (Å²) in [5.41, 5.74) is 2.22. The molecule has 8 nitrogen and oxygen atoms in total. The van der Waals surface area contributed by atoms with Gasteiger partial charge in [-0.05, 0) is 12.1 Å². The number of hydrogen-bond donors (Lipinski definition) is 0. The van der Waals surface area contributed by atoms with E-state index < -0.39 is 12.1 Å². The molecule has 0 spiro atoms. The zero-order valence-electron chi connectivity index (χ0n) is 14.3.